The van der Waals surface area contributed by atoms with Crippen LogP contribution < -0.4 is 4.90 Å². The van der Waals surface area contributed by atoms with Crippen LogP contribution in [0.25, 0.3) is 0 Å². The molecule has 2 bridgehead atoms. The molecule has 2 aliphatic carbocycles. The number of thiol groups is 1. The zero-order chi connectivity index (χ0) is 13.1. The van der Waals surface area contributed by atoms with Gasteiger partial charge in [0.25, 0.3) is 0 Å². The molecule has 0 aromatic heterocycles. The second kappa shape index (κ2) is 3.85. The molecule has 98 valence electrons. The second-order valence-corrected chi connectivity index (χ2v) is 6.37. The Morgan fingerprint density at radius 3 is 2.16 bits per heavy atom. The lowest BCUT2D eigenvalue weighted by atomic mass is 9.81. The van der Waals surface area contributed by atoms with Crippen LogP contribution in [0.15, 0.2) is 29.2 Å². The van der Waals surface area contributed by atoms with Crippen LogP contribution >= 0.6 is 12.6 Å². The topological polar surface area (TPSA) is 37.4 Å². The molecule has 4 atom stereocenters. The van der Waals surface area contributed by atoms with E-state index in [4.69, 9.17) is 0 Å². The third-order valence-corrected chi connectivity index (χ3v) is 5.43. The molecule has 2 amide bonds. The summed E-state index contributed by atoms with van der Waals surface area (Å²) in [6.07, 6.45) is 3.30. The standard InChI is InChI=1S/C15H15NO2S/c17-14-12-8-5-6-9(7-8)13(12)15(18)16(14)10-3-1-2-4-11(10)19/h1-4,8-9,12-13,19H,5-7H2/t8-,9+,12-,13+. The summed E-state index contributed by atoms with van der Waals surface area (Å²) in [4.78, 5) is 27.3. The van der Waals surface area contributed by atoms with Gasteiger partial charge < -0.3 is 0 Å². The Morgan fingerprint density at radius 2 is 1.58 bits per heavy atom. The normalized spacial score (nSPS) is 36.2. The van der Waals surface area contributed by atoms with Gasteiger partial charge in [0.15, 0.2) is 0 Å². The summed E-state index contributed by atoms with van der Waals surface area (Å²) in [5, 5.41) is 0. The molecule has 3 aliphatic rings. The van der Waals surface area contributed by atoms with Gasteiger partial charge in [0.05, 0.1) is 17.5 Å². The van der Waals surface area contributed by atoms with Crippen molar-refractivity contribution in [2.24, 2.45) is 23.7 Å². The van der Waals surface area contributed by atoms with Crippen molar-refractivity contribution in [1.82, 2.24) is 0 Å². The number of rotatable bonds is 1. The van der Waals surface area contributed by atoms with Crippen LogP contribution in [-0.2, 0) is 9.59 Å². The molecule has 19 heavy (non-hydrogen) atoms. The number of hydrogen-bond acceptors (Lipinski definition) is 3. The van der Waals surface area contributed by atoms with Crippen molar-refractivity contribution < 1.29 is 9.59 Å². The minimum absolute atomic E-state index is 0.00343. The van der Waals surface area contributed by atoms with Crippen molar-refractivity contribution in [3.63, 3.8) is 0 Å². The first-order valence-corrected chi connectivity index (χ1v) is 7.29. The van der Waals surface area contributed by atoms with E-state index in [0.29, 0.717) is 22.4 Å². The third-order valence-electron chi connectivity index (χ3n) is 5.05. The van der Waals surface area contributed by atoms with E-state index in [2.05, 4.69) is 12.6 Å². The Hall–Kier alpha value is -1.29. The van der Waals surface area contributed by atoms with Crippen molar-refractivity contribution >= 4 is 30.1 Å². The number of para-hydroxylation sites is 1. The fourth-order valence-corrected chi connectivity index (χ4v) is 4.56. The second-order valence-electron chi connectivity index (χ2n) is 5.89. The molecule has 1 aliphatic heterocycles. The molecule has 0 unspecified atom stereocenters. The lowest BCUT2D eigenvalue weighted by Gasteiger charge is -2.19. The van der Waals surface area contributed by atoms with Crippen molar-refractivity contribution in [1.29, 1.82) is 0 Å². The SMILES string of the molecule is O=C1[C@@H]2[C@@H]3CC[C@@H](C3)[C@@H]2C(=O)N1c1ccccc1S. The lowest BCUT2D eigenvalue weighted by molar-refractivity contribution is -0.123. The van der Waals surface area contributed by atoms with Gasteiger partial charge >= 0.3 is 0 Å². The van der Waals surface area contributed by atoms with Crippen LogP contribution in [0.1, 0.15) is 19.3 Å². The van der Waals surface area contributed by atoms with E-state index < -0.39 is 0 Å². The van der Waals surface area contributed by atoms with E-state index in [9.17, 15) is 9.59 Å². The molecule has 3 nitrogen and oxygen atoms in total. The molecule has 0 radical (unpaired) electrons. The highest BCUT2D eigenvalue weighted by atomic mass is 32.1. The molecule has 0 N–H and O–H groups in total. The van der Waals surface area contributed by atoms with Crippen LogP contribution in [0.2, 0.25) is 0 Å². The Morgan fingerprint density at radius 1 is 1.00 bits per heavy atom. The number of carbonyl (C=O) groups excluding carboxylic acids is 2. The molecular weight excluding hydrogens is 258 g/mol. The first-order chi connectivity index (χ1) is 9.18. The average molecular weight is 273 g/mol. The summed E-state index contributed by atoms with van der Waals surface area (Å²) in [5.41, 5.74) is 0.648. The number of fused-ring (bicyclic) bond motifs is 5. The number of imide groups is 1. The number of carbonyl (C=O) groups is 2. The van der Waals surface area contributed by atoms with Crippen molar-refractivity contribution in [3.8, 4) is 0 Å². The van der Waals surface area contributed by atoms with Crippen LogP contribution in [0.4, 0.5) is 5.69 Å². The predicted molar refractivity (Wildman–Crippen MR) is 74.0 cm³/mol. The predicted octanol–water partition coefficient (Wildman–Crippen LogP) is 2.51. The smallest absolute Gasteiger partial charge is 0.238 e. The number of hydrogen-bond donors (Lipinski definition) is 1. The maximum absolute atomic E-state index is 12.6. The van der Waals surface area contributed by atoms with E-state index >= 15 is 0 Å². The average Bonchev–Trinajstić information content (AvgIpc) is 3.06. The van der Waals surface area contributed by atoms with Gasteiger partial charge in [-0.1, -0.05) is 12.1 Å². The van der Waals surface area contributed by atoms with Gasteiger partial charge in [0.2, 0.25) is 11.8 Å². The summed E-state index contributed by atoms with van der Waals surface area (Å²) in [6.45, 7) is 0. The Balaban J connectivity index is 1.78. The number of nitrogens with zero attached hydrogens (tertiary/aromatic N) is 1. The Kier molecular flexibility index (Phi) is 2.34. The molecule has 1 heterocycles. The minimum atomic E-state index is -0.0563. The summed E-state index contributed by atoms with van der Waals surface area (Å²) in [6, 6.07) is 7.34. The summed E-state index contributed by atoms with van der Waals surface area (Å²) in [5.74, 6) is 0.762. The quantitative estimate of drug-likeness (QED) is 0.630. The largest absolute Gasteiger partial charge is 0.274 e. The number of benzene rings is 1. The van der Waals surface area contributed by atoms with Gasteiger partial charge in [0, 0.05) is 4.90 Å². The molecule has 4 heteroatoms. The van der Waals surface area contributed by atoms with E-state index in [0.717, 1.165) is 19.3 Å². The molecule has 0 spiro atoms. The van der Waals surface area contributed by atoms with Gasteiger partial charge in [-0.2, -0.15) is 0 Å². The zero-order valence-corrected chi connectivity index (χ0v) is 11.3. The summed E-state index contributed by atoms with van der Waals surface area (Å²) < 4.78 is 0. The van der Waals surface area contributed by atoms with Crippen LogP contribution in [0.3, 0.4) is 0 Å². The minimum Gasteiger partial charge on any atom is -0.274 e. The van der Waals surface area contributed by atoms with Crippen molar-refractivity contribution in [2.75, 3.05) is 4.90 Å². The third kappa shape index (κ3) is 1.41. The molecule has 1 saturated heterocycles. The van der Waals surface area contributed by atoms with Gasteiger partial charge in [0.1, 0.15) is 0 Å². The highest BCUT2D eigenvalue weighted by Crippen LogP contribution is 2.56. The molecule has 3 fully saturated rings. The van der Waals surface area contributed by atoms with Crippen molar-refractivity contribution in [2.45, 2.75) is 24.2 Å². The first kappa shape index (κ1) is 11.5. The van der Waals surface area contributed by atoms with Gasteiger partial charge in [-0.05, 0) is 43.2 Å². The van der Waals surface area contributed by atoms with Gasteiger partial charge in [-0.15, -0.1) is 12.6 Å². The lowest BCUT2D eigenvalue weighted by Crippen LogP contribution is -2.33. The van der Waals surface area contributed by atoms with E-state index in [-0.39, 0.29) is 23.7 Å². The van der Waals surface area contributed by atoms with Crippen molar-refractivity contribution in [3.05, 3.63) is 24.3 Å². The zero-order valence-electron chi connectivity index (χ0n) is 10.5. The summed E-state index contributed by atoms with van der Waals surface area (Å²) >= 11 is 4.38. The Bertz CT molecular complexity index is 557. The fourth-order valence-electron chi connectivity index (χ4n) is 4.30. The molecular formula is C15H15NO2S. The highest BCUT2D eigenvalue weighted by Gasteiger charge is 2.61. The Labute approximate surface area is 117 Å². The molecule has 1 aromatic carbocycles. The fraction of sp³-hybridized carbons (Fsp3) is 0.467. The number of anilines is 1. The van der Waals surface area contributed by atoms with Crippen LogP contribution in [0, 0.1) is 23.7 Å². The van der Waals surface area contributed by atoms with Crippen LogP contribution in [0.5, 0.6) is 0 Å². The van der Waals surface area contributed by atoms with Gasteiger partial charge in [-0.25, -0.2) is 4.90 Å². The molecule has 1 aromatic rings. The van der Waals surface area contributed by atoms with Crippen LogP contribution in [-0.4, -0.2) is 11.8 Å². The maximum Gasteiger partial charge on any atom is 0.238 e. The number of amides is 2. The van der Waals surface area contributed by atoms with E-state index in [1.807, 2.05) is 18.2 Å². The molecule has 2 saturated carbocycles. The monoisotopic (exact) mass is 273 g/mol. The van der Waals surface area contributed by atoms with E-state index in [1.54, 1.807) is 6.07 Å². The first-order valence-electron chi connectivity index (χ1n) is 6.84. The molecule has 4 rings (SSSR count). The summed E-state index contributed by atoms with van der Waals surface area (Å²) in [7, 11) is 0. The highest BCUT2D eigenvalue weighted by molar-refractivity contribution is 7.80. The van der Waals surface area contributed by atoms with Gasteiger partial charge in [-0.3, -0.25) is 9.59 Å². The maximum atomic E-state index is 12.6. The van der Waals surface area contributed by atoms with E-state index in [1.165, 1.54) is 4.90 Å².